The minimum Gasteiger partial charge on any atom is -0.342 e. The van der Waals surface area contributed by atoms with Crippen molar-refractivity contribution in [2.24, 2.45) is 11.3 Å². The summed E-state index contributed by atoms with van der Waals surface area (Å²) in [5, 5.41) is 11.7. The molecule has 2 fully saturated rings. The number of aromatic nitrogens is 4. The second kappa shape index (κ2) is 8.46. The van der Waals surface area contributed by atoms with Gasteiger partial charge in [-0.25, -0.2) is 4.68 Å². The maximum Gasteiger partial charge on any atom is 0.222 e. The maximum absolute atomic E-state index is 12.3. The highest BCUT2D eigenvalue weighted by Gasteiger charge is 2.41. The Morgan fingerprint density at radius 1 is 1.15 bits per heavy atom. The van der Waals surface area contributed by atoms with Crippen LogP contribution in [-0.2, 0) is 11.3 Å². The number of rotatable bonds is 7. The standard InChI is InChI=1S/C19H34N6O/c1-16(2)7-13-24-15-19(9-6-18(24)26)8-4-10-23(14-19)11-5-12-25-17(3)20-21-22-25/h16H,4-15H2,1-3H3/t19-/m0/s1. The van der Waals surface area contributed by atoms with Crippen LogP contribution in [0, 0.1) is 18.3 Å². The smallest absolute Gasteiger partial charge is 0.222 e. The molecule has 1 amide bonds. The van der Waals surface area contributed by atoms with E-state index in [9.17, 15) is 4.79 Å². The van der Waals surface area contributed by atoms with Crippen LogP contribution in [0.1, 0.15) is 58.2 Å². The topological polar surface area (TPSA) is 67.2 Å². The Morgan fingerprint density at radius 3 is 2.73 bits per heavy atom. The SMILES string of the molecule is Cc1nnnn1CCCN1CCC[C@]2(CCC(=O)N(CCC(C)C)C2)C1. The van der Waals surface area contributed by atoms with Crippen LogP contribution in [0.3, 0.4) is 0 Å². The lowest BCUT2D eigenvalue weighted by atomic mass is 9.73. The van der Waals surface area contributed by atoms with E-state index < -0.39 is 0 Å². The number of likely N-dealkylation sites (tertiary alicyclic amines) is 2. The van der Waals surface area contributed by atoms with Gasteiger partial charge < -0.3 is 9.80 Å². The van der Waals surface area contributed by atoms with Gasteiger partial charge >= 0.3 is 0 Å². The fraction of sp³-hybridized carbons (Fsp3) is 0.895. The highest BCUT2D eigenvalue weighted by molar-refractivity contribution is 5.77. The minimum absolute atomic E-state index is 0.313. The Balaban J connectivity index is 1.51. The van der Waals surface area contributed by atoms with Crippen LogP contribution >= 0.6 is 0 Å². The fourth-order valence-electron chi connectivity index (χ4n) is 4.45. The zero-order chi connectivity index (χ0) is 18.6. The van der Waals surface area contributed by atoms with Gasteiger partial charge in [-0.15, -0.1) is 5.10 Å². The molecule has 3 heterocycles. The van der Waals surface area contributed by atoms with Crippen LogP contribution in [0.2, 0.25) is 0 Å². The van der Waals surface area contributed by atoms with E-state index in [-0.39, 0.29) is 0 Å². The Bertz CT molecular complexity index is 601. The number of aryl methyl sites for hydroxylation is 2. The molecule has 0 bridgehead atoms. The van der Waals surface area contributed by atoms with Crippen LogP contribution in [0.25, 0.3) is 0 Å². The van der Waals surface area contributed by atoms with Gasteiger partial charge in [0, 0.05) is 38.0 Å². The van der Waals surface area contributed by atoms with Gasteiger partial charge in [0.25, 0.3) is 0 Å². The average Bonchev–Trinajstić information content (AvgIpc) is 3.01. The third-order valence-electron chi connectivity index (χ3n) is 6.02. The van der Waals surface area contributed by atoms with Crippen LogP contribution in [0.15, 0.2) is 0 Å². The molecule has 7 nitrogen and oxygen atoms in total. The number of amides is 1. The summed E-state index contributed by atoms with van der Waals surface area (Å²) in [6.07, 6.45) is 6.48. The molecule has 2 saturated heterocycles. The molecule has 0 aromatic carbocycles. The molecule has 1 aromatic rings. The van der Waals surface area contributed by atoms with Crippen LogP contribution < -0.4 is 0 Å². The summed E-state index contributed by atoms with van der Waals surface area (Å²) in [4.78, 5) is 17.1. The van der Waals surface area contributed by atoms with E-state index in [4.69, 9.17) is 0 Å². The Morgan fingerprint density at radius 2 is 2.00 bits per heavy atom. The molecule has 7 heteroatoms. The molecular weight excluding hydrogens is 328 g/mol. The first-order valence-corrected chi connectivity index (χ1v) is 10.2. The van der Waals surface area contributed by atoms with Gasteiger partial charge in [0.05, 0.1) is 0 Å². The molecule has 2 aliphatic rings. The molecule has 1 spiro atoms. The van der Waals surface area contributed by atoms with E-state index in [1.54, 1.807) is 0 Å². The lowest BCUT2D eigenvalue weighted by Crippen LogP contribution is -2.54. The quantitative estimate of drug-likeness (QED) is 0.743. The van der Waals surface area contributed by atoms with E-state index >= 15 is 0 Å². The molecular formula is C19H34N6O. The van der Waals surface area contributed by atoms with Gasteiger partial charge in [0.2, 0.25) is 5.91 Å². The van der Waals surface area contributed by atoms with Crippen molar-refractivity contribution < 1.29 is 4.79 Å². The third-order valence-corrected chi connectivity index (χ3v) is 6.02. The average molecular weight is 363 g/mol. The van der Waals surface area contributed by atoms with Gasteiger partial charge in [-0.1, -0.05) is 13.8 Å². The van der Waals surface area contributed by atoms with Gasteiger partial charge in [-0.05, 0) is 68.5 Å². The van der Waals surface area contributed by atoms with Crippen molar-refractivity contribution in [1.82, 2.24) is 30.0 Å². The molecule has 0 radical (unpaired) electrons. The second-order valence-corrected chi connectivity index (χ2v) is 8.68. The number of carbonyl (C=O) groups excluding carboxylic acids is 1. The first-order valence-electron chi connectivity index (χ1n) is 10.2. The van der Waals surface area contributed by atoms with Crippen molar-refractivity contribution in [3.8, 4) is 0 Å². The lowest BCUT2D eigenvalue weighted by Gasteiger charge is -2.48. The van der Waals surface area contributed by atoms with Crippen molar-refractivity contribution in [2.75, 3.05) is 32.7 Å². The normalized spacial score (nSPS) is 24.8. The number of hydrogen-bond donors (Lipinski definition) is 0. The Labute approximate surface area is 157 Å². The van der Waals surface area contributed by atoms with E-state index in [1.807, 2.05) is 11.6 Å². The lowest BCUT2D eigenvalue weighted by molar-refractivity contribution is -0.139. The summed E-state index contributed by atoms with van der Waals surface area (Å²) in [6, 6.07) is 0. The highest BCUT2D eigenvalue weighted by atomic mass is 16.2. The molecule has 146 valence electrons. The molecule has 0 N–H and O–H groups in total. The largest absolute Gasteiger partial charge is 0.342 e. The third kappa shape index (κ3) is 4.81. The molecule has 0 aliphatic carbocycles. The summed E-state index contributed by atoms with van der Waals surface area (Å²) in [5.41, 5.74) is 0.313. The van der Waals surface area contributed by atoms with Crippen molar-refractivity contribution in [1.29, 1.82) is 0 Å². The van der Waals surface area contributed by atoms with E-state index in [2.05, 4.69) is 39.2 Å². The molecule has 3 rings (SSSR count). The molecule has 0 saturated carbocycles. The molecule has 26 heavy (non-hydrogen) atoms. The number of piperidine rings is 2. The number of hydrogen-bond acceptors (Lipinski definition) is 5. The Kier molecular flexibility index (Phi) is 6.27. The van der Waals surface area contributed by atoms with E-state index in [1.165, 1.54) is 19.4 Å². The Hall–Kier alpha value is -1.50. The number of carbonyl (C=O) groups is 1. The second-order valence-electron chi connectivity index (χ2n) is 8.68. The first kappa shape index (κ1) is 19.3. The number of nitrogens with zero attached hydrogens (tertiary/aromatic N) is 6. The van der Waals surface area contributed by atoms with E-state index in [0.29, 0.717) is 17.2 Å². The zero-order valence-electron chi connectivity index (χ0n) is 16.7. The van der Waals surface area contributed by atoms with Crippen molar-refractivity contribution in [2.45, 2.75) is 65.8 Å². The summed E-state index contributed by atoms with van der Waals surface area (Å²) in [7, 11) is 0. The van der Waals surface area contributed by atoms with Crippen molar-refractivity contribution >= 4 is 5.91 Å². The summed E-state index contributed by atoms with van der Waals surface area (Å²) < 4.78 is 1.88. The predicted octanol–water partition coefficient (Wildman–Crippen LogP) is 2.12. The first-order chi connectivity index (χ1) is 12.5. The van der Waals surface area contributed by atoms with Crippen LogP contribution in [-0.4, -0.2) is 68.6 Å². The van der Waals surface area contributed by atoms with Crippen LogP contribution in [0.4, 0.5) is 0 Å². The molecule has 0 unspecified atom stereocenters. The van der Waals surface area contributed by atoms with Crippen molar-refractivity contribution in [3.63, 3.8) is 0 Å². The molecule has 2 aliphatic heterocycles. The zero-order valence-corrected chi connectivity index (χ0v) is 16.7. The van der Waals surface area contributed by atoms with Gasteiger partial charge in [0.1, 0.15) is 5.82 Å². The molecule has 1 atom stereocenters. The van der Waals surface area contributed by atoms with E-state index in [0.717, 1.165) is 64.2 Å². The highest BCUT2D eigenvalue weighted by Crippen LogP contribution is 2.39. The summed E-state index contributed by atoms with van der Waals surface area (Å²) >= 11 is 0. The predicted molar refractivity (Wildman–Crippen MR) is 101 cm³/mol. The minimum atomic E-state index is 0.313. The maximum atomic E-state index is 12.3. The van der Waals surface area contributed by atoms with Crippen LogP contribution in [0.5, 0.6) is 0 Å². The van der Waals surface area contributed by atoms with Gasteiger partial charge in [0.15, 0.2) is 0 Å². The van der Waals surface area contributed by atoms with Gasteiger partial charge in [-0.2, -0.15) is 0 Å². The summed E-state index contributed by atoms with van der Waals surface area (Å²) in [6.45, 7) is 12.6. The number of tetrazole rings is 1. The monoisotopic (exact) mass is 362 g/mol. The molecule has 1 aromatic heterocycles. The van der Waals surface area contributed by atoms with Gasteiger partial charge in [-0.3, -0.25) is 4.79 Å². The van der Waals surface area contributed by atoms with Crippen molar-refractivity contribution in [3.05, 3.63) is 5.82 Å². The summed E-state index contributed by atoms with van der Waals surface area (Å²) in [5.74, 6) is 1.90. The fourth-order valence-corrected chi connectivity index (χ4v) is 4.45.